The fraction of sp³-hybridized carbons (Fsp3) is 0.571. The van der Waals surface area contributed by atoms with Gasteiger partial charge in [0.2, 0.25) is 0 Å². The van der Waals surface area contributed by atoms with Gasteiger partial charge in [-0.1, -0.05) is 6.07 Å². The molecule has 2 fully saturated rings. The summed E-state index contributed by atoms with van der Waals surface area (Å²) in [5.41, 5.74) is 9.24. The number of hydrogen-bond acceptors (Lipinski definition) is 4. The average molecular weight is 248 g/mol. The normalized spacial score (nSPS) is 22.6. The van der Waals surface area contributed by atoms with Crippen molar-refractivity contribution >= 4 is 11.4 Å². The van der Waals surface area contributed by atoms with Gasteiger partial charge in [-0.05, 0) is 31.0 Å². The van der Waals surface area contributed by atoms with Crippen LogP contribution < -0.4 is 10.6 Å². The predicted molar refractivity (Wildman–Crippen MR) is 71.7 cm³/mol. The van der Waals surface area contributed by atoms with Gasteiger partial charge in [0.05, 0.1) is 31.1 Å². The zero-order valence-electron chi connectivity index (χ0n) is 10.8. The Morgan fingerprint density at radius 1 is 1.28 bits per heavy atom. The van der Waals surface area contributed by atoms with Gasteiger partial charge >= 0.3 is 0 Å². The van der Waals surface area contributed by atoms with E-state index in [0.717, 1.165) is 37.3 Å². The van der Waals surface area contributed by atoms with Crippen molar-refractivity contribution in [3.63, 3.8) is 0 Å². The Labute approximate surface area is 108 Å². The van der Waals surface area contributed by atoms with Crippen LogP contribution in [-0.4, -0.2) is 32.1 Å². The van der Waals surface area contributed by atoms with Gasteiger partial charge in [0.15, 0.2) is 5.79 Å². The highest BCUT2D eigenvalue weighted by atomic mass is 16.7. The molecule has 1 aromatic rings. The van der Waals surface area contributed by atoms with E-state index in [1.807, 2.05) is 6.07 Å². The summed E-state index contributed by atoms with van der Waals surface area (Å²) in [5.74, 6) is -0.393. The molecule has 0 aliphatic carbocycles. The summed E-state index contributed by atoms with van der Waals surface area (Å²) in [7, 11) is 0. The highest BCUT2D eigenvalue weighted by Crippen LogP contribution is 2.34. The Balaban J connectivity index is 1.83. The van der Waals surface area contributed by atoms with Crippen LogP contribution in [0.3, 0.4) is 0 Å². The van der Waals surface area contributed by atoms with Gasteiger partial charge in [-0.3, -0.25) is 0 Å². The summed E-state index contributed by atoms with van der Waals surface area (Å²) < 4.78 is 11.6. The minimum absolute atomic E-state index is 0.393. The molecule has 0 saturated carbocycles. The third kappa shape index (κ3) is 2.06. The van der Waals surface area contributed by atoms with Crippen molar-refractivity contribution in [1.82, 2.24) is 0 Å². The number of benzene rings is 1. The van der Waals surface area contributed by atoms with E-state index in [0.29, 0.717) is 13.2 Å². The van der Waals surface area contributed by atoms with E-state index in [-0.39, 0.29) is 0 Å². The van der Waals surface area contributed by atoms with Crippen LogP contribution in [0.1, 0.15) is 18.4 Å². The Bertz CT molecular complexity index is 441. The van der Waals surface area contributed by atoms with Gasteiger partial charge in [0.25, 0.3) is 0 Å². The highest BCUT2D eigenvalue weighted by molar-refractivity contribution is 5.68. The van der Waals surface area contributed by atoms with Gasteiger partial charge in [0.1, 0.15) is 0 Å². The molecule has 4 nitrogen and oxygen atoms in total. The lowest BCUT2D eigenvalue weighted by Crippen LogP contribution is -2.49. The summed E-state index contributed by atoms with van der Waals surface area (Å²) in [5, 5.41) is 0. The van der Waals surface area contributed by atoms with Crippen molar-refractivity contribution in [2.24, 2.45) is 0 Å². The average Bonchev–Trinajstić information content (AvgIpc) is 2.77. The van der Waals surface area contributed by atoms with Crippen LogP contribution in [0.15, 0.2) is 18.2 Å². The standard InChI is InChI=1S/C14H20N2O2/c1-11-3-4-13(12(15)9-11)16-6-2-5-14(10-16)17-7-8-18-14/h3-4,9H,2,5-8,10,15H2,1H3. The lowest BCUT2D eigenvalue weighted by atomic mass is 10.0. The van der Waals surface area contributed by atoms with Crippen molar-refractivity contribution in [2.75, 3.05) is 36.9 Å². The first-order chi connectivity index (χ1) is 8.69. The monoisotopic (exact) mass is 248 g/mol. The molecule has 2 N–H and O–H groups in total. The predicted octanol–water partition coefficient (Wildman–Crippen LogP) is 1.92. The van der Waals surface area contributed by atoms with Gasteiger partial charge < -0.3 is 20.1 Å². The molecule has 0 radical (unpaired) electrons. The largest absolute Gasteiger partial charge is 0.397 e. The summed E-state index contributed by atoms with van der Waals surface area (Å²) in [4.78, 5) is 2.28. The number of anilines is 2. The number of rotatable bonds is 1. The smallest absolute Gasteiger partial charge is 0.186 e. The van der Waals surface area contributed by atoms with Gasteiger partial charge in [-0.2, -0.15) is 0 Å². The lowest BCUT2D eigenvalue weighted by molar-refractivity contribution is -0.161. The molecule has 0 amide bonds. The fourth-order valence-corrected chi connectivity index (χ4v) is 2.89. The molecular formula is C14H20N2O2. The van der Waals surface area contributed by atoms with Crippen molar-refractivity contribution in [3.05, 3.63) is 23.8 Å². The molecule has 1 spiro atoms. The summed E-state index contributed by atoms with van der Waals surface area (Å²) >= 11 is 0. The number of nitrogen functional groups attached to an aromatic ring is 1. The van der Waals surface area contributed by atoms with Gasteiger partial charge in [-0.25, -0.2) is 0 Å². The molecule has 1 aromatic carbocycles. The molecule has 0 aromatic heterocycles. The van der Waals surface area contributed by atoms with Crippen LogP contribution in [0, 0.1) is 6.92 Å². The number of nitrogens with two attached hydrogens (primary N) is 1. The van der Waals surface area contributed by atoms with Crippen LogP contribution in [0.2, 0.25) is 0 Å². The van der Waals surface area contributed by atoms with Crippen LogP contribution in [0.5, 0.6) is 0 Å². The van der Waals surface area contributed by atoms with Crippen molar-refractivity contribution in [3.8, 4) is 0 Å². The maximum atomic E-state index is 6.12. The molecule has 2 aliphatic heterocycles. The molecule has 2 heterocycles. The topological polar surface area (TPSA) is 47.7 Å². The maximum absolute atomic E-state index is 6.12. The van der Waals surface area contributed by atoms with Crippen LogP contribution in [0.4, 0.5) is 11.4 Å². The first-order valence-corrected chi connectivity index (χ1v) is 6.58. The molecule has 0 atom stereocenters. The molecule has 18 heavy (non-hydrogen) atoms. The van der Waals surface area contributed by atoms with Crippen molar-refractivity contribution in [2.45, 2.75) is 25.6 Å². The third-order valence-corrected chi connectivity index (χ3v) is 3.75. The van der Waals surface area contributed by atoms with Gasteiger partial charge in [-0.15, -0.1) is 0 Å². The second-order valence-electron chi connectivity index (χ2n) is 5.19. The maximum Gasteiger partial charge on any atom is 0.186 e. The second kappa shape index (κ2) is 4.44. The van der Waals surface area contributed by atoms with Gasteiger partial charge in [0, 0.05) is 13.0 Å². The van der Waals surface area contributed by atoms with E-state index in [1.54, 1.807) is 0 Å². The number of aryl methyl sites for hydroxylation is 1. The highest BCUT2D eigenvalue weighted by Gasteiger charge is 2.41. The zero-order chi connectivity index (χ0) is 12.6. The van der Waals surface area contributed by atoms with E-state index < -0.39 is 5.79 Å². The Morgan fingerprint density at radius 3 is 2.78 bits per heavy atom. The zero-order valence-corrected chi connectivity index (χ0v) is 10.8. The fourth-order valence-electron chi connectivity index (χ4n) is 2.89. The summed E-state index contributed by atoms with van der Waals surface area (Å²) in [6, 6.07) is 6.22. The van der Waals surface area contributed by atoms with E-state index >= 15 is 0 Å². The van der Waals surface area contributed by atoms with E-state index in [9.17, 15) is 0 Å². The van der Waals surface area contributed by atoms with Crippen LogP contribution >= 0.6 is 0 Å². The molecular weight excluding hydrogens is 228 g/mol. The number of piperidine rings is 1. The minimum Gasteiger partial charge on any atom is -0.397 e. The quantitative estimate of drug-likeness (QED) is 0.771. The minimum atomic E-state index is -0.393. The summed E-state index contributed by atoms with van der Waals surface area (Å²) in [6.45, 7) is 5.26. The van der Waals surface area contributed by atoms with Crippen LogP contribution in [0.25, 0.3) is 0 Å². The number of ether oxygens (including phenoxy) is 2. The van der Waals surface area contributed by atoms with Crippen molar-refractivity contribution < 1.29 is 9.47 Å². The first kappa shape index (κ1) is 11.8. The molecule has 2 aliphatic rings. The molecule has 98 valence electrons. The molecule has 2 saturated heterocycles. The third-order valence-electron chi connectivity index (χ3n) is 3.75. The Hall–Kier alpha value is -1.26. The van der Waals surface area contributed by atoms with Crippen LogP contribution in [-0.2, 0) is 9.47 Å². The summed E-state index contributed by atoms with van der Waals surface area (Å²) in [6.07, 6.45) is 2.06. The molecule has 0 bridgehead atoms. The number of hydrogen-bond donors (Lipinski definition) is 1. The molecule has 3 rings (SSSR count). The lowest BCUT2D eigenvalue weighted by Gasteiger charge is -2.40. The Morgan fingerprint density at radius 2 is 2.06 bits per heavy atom. The Kier molecular flexibility index (Phi) is 2.92. The molecule has 0 unspecified atom stereocenters. The van der Waals surface area contributed by atoms with E-state index in [2.05, 4.69) is 24.0 Å². The van der Waals surface area contributed by atoms with Crippen molar-refractivity contribution in [1.29, 1.82) is 0 Å². The molecule has 4 heteroatoms. The van der Waals surface area contributed by atoms with E-state index in [4.69, 9.17) is 15.2 Å². The SMILES string of the molecule is Cc1ccc(N2CCCC3(C2)OCCO3)c(N)c1. The number of nitrogens with zero attached hydrogens (tertiary/aromatic N) is 1. The van der Waals surface area contributed by atoms with E-state index in [1.165, 1.54) is 5.56 Å². The first-order valence-electron chi connectivity index (χ1n) is 6.58. The second-order valence-corrected chi connectivity index (χ2v) is 5.19.